The SMILES string of the molecule is CC(C)C[C@H](NC(=O)[C@H](CC(C)C)NC(=O)[C@H](C)NC(=O)[C@H](CO)N(CCNc1ccc(NCCN(C(=O)OCc2ccccc2)[C@@H](CO)C(=O)N[C@@H](C)C(=O)N[C@@H](CC(C)C)C(=O)N[C@@H](CC(C)C)C(N)=O)c2c1C(=O)c1c(O)ccc(O)c1C2=O)C(=O)OCc1ccccc1)C(N)=O. The van der Waals surface area contributed by atoms with Gasteiger partial charge in [0.05, 0.1) is 35.5 Å². The van der Waals surface area contributed by atoms with Crippen LogP contribution in [0.5, 0.6) is 11.5 Å². The van der Waals surface area contributed by atoms with Crippen LogP contribution in [0.25, 0.3) is 0 Å². The number of fused-ring (bicyclic) bond motifs is 2. The molecule has 10 amide bonds. The summed E-state index contributed by atoms with van der Waals surface area (Å²) < 4.78 is 11.3. The van der Waals surface area contributed by atoms with Gasteiger partial charge in [-0.05, 0) is 98.6 Å². The maximum Gasteiger partial charge on any atom is 0.410 e. The van der Waals surface area contributed by atoms with E-state index in [1.807, 2.05) is 27.7 Å². The van der Waals surface area contributed by atoms with Crippen LogP contribution in [0.15, 0.2) is 84.9 Å². The van der Waals surface area contributed by atoms with Crippen molar-refractivity contribution >= 4 is 82.4 Å². The smallest absolute Gasteiger partial charge is 0.410 e. The number of hydrogen-bond donors (Lipinski definition) is 14. The molecule has 0 spiro atoms. The molecule has 544 valence electrons. The van der Waals surface area contributed by atoms with E-state index in [1.54, 1.807) is 88.4 Å². The molecule has 0 saturated carbocycles. The van der Waals surface area contributed by atoms with E-state index >= 15 is 0 Å². The van der Waals surface area contributed by atoms with Gasteiger partial charge in [-0.3, -0.25) is 57.7 Å². The number of benzene rings is 4. The van der Waals surface area contributed by atoms with E-state index in [-0.39, 0.29) is 98.2 Å². The zero-order valence-electron chi connectivity index (χ0n) is 58.0. The van der Waals surface area contributed by atoms with Crippen molar-refractivity contribution in [3.05, 3.63) is 118 Å². The third-order valence-corrected chi connectivity index (χ3v) is 16.1. The minimum Gasteiger partial charge on any atom is -0.507 e. The summed E-state index contributed by atoms with van der Waals surface area (Å²) in [6, 6.07) is 10.9. The summed E-state index contributed by atoms with van der Waals surface area (Å²) in [6.07, 6.45) is -1.54. The van der Waals surface area contributed by atoms with Crippen molar-refractivity contribution in [1.82, 2.24) is 41.7 Å². The Hall–Kier alpha value is -10.4. The van der Waals surface area contributed by atoms with Gasteiger partial charge in [-0.2, -0.15) is 0 Å². The van der Waals surface area contributed by atoms with Crippen LogP contribution in [-0.2, 0) is 61.0 Å². The van der Waals surface area contributed by atoms with Crippen molar-refractivity contribution in [2.45, 2.75) is 156 Å². The lowest BCUT2D eigenvalue weighted by Crippen LogP contribution is -2.59. The summed E-state index contributed by atoms with van der Waals surface area (Å²) in [5.41, 5.74) is 10.2. The van der Waals surface area contributed by atoms with Crippen LogP contribution < -0.4 is 54.0 Å². The van der Waals surface area contributed by atoms with Gasteiger partial charge >= 0.3 is 12.2 Å². The van der Waals surface area contributed by atoms with E-state index in [9.17, 15) is 78.0 Å². The van der Waals surface area contributed by atoms with Gasteiger partial charge < -0.3 is 83.9 Å². The molecule has 0 aromatic heterocycles. The van der Waals surface area contributed by atoms with E-state index in [4.69, 9.17) is 20.9 Å². The Morgan fingerprint density at radius 2 is 0.720 bits per heavy atom. The second-order valence-corrected chi connectivity index (χ2v) is 26.2. The van der Waals surface area contributed by atoms with Gasteiger partial charge in [0.25, 0.3) is 0 Å². The Labute approximate surface area is 580 Å². The molecule has 1 aliphatic carbocycles. The number of nitrogens with one attached hydrogen (secondary N) is 8. The molecule has 0 aliphatic heterocycles. The van der Waals surface area contributed by atoms with Crippen molar-refractivity contribution in [1.29, 1.82) is 0 Å². The number of carbonyl (C=O) groups excluding carboxylic acids is 12. The van der Waals surface area contributed by atoms with Gasteiger partial charge in [0.15, 0.2) is 0 Å². The third-order valence-electron chi connectivity index (χ3n) is 16.1. The number of nitrogens with zero attached hydrogens (tertiary/aromatic N) is 2. The molecule has 0 saturated heterocycles. The molecule has 0 radical (unpaired) electrons. The Morgan fingerprint density at radius 3 is 1.02 bits per heavy atom. The summed E-state index contributed by atoms with van der Waals surface area (Å²) >= 11 is 0. The number of aromatic hydroxyl groups is 2. The fourth-order valence-corrected chi connectivity index (χ4v) is 11.0. The number of primary amides is 2. The monoisotopic (exact) mass is 1390 g/mol. The quantitative estimate of drug-likeness (QED) is 0.0253. The van der Waals surface area contributed by atoms with E-state index in [2.05, 4.69) is 42.5 Å². The first-order valence-corrected chi connectivity index (χ1v) is 33.1. The van der Waals surface area contributed by atoms with Crippen molar-refractivity contribution in [3.8, 4) is 11.5 Å². The number of aliphatic hydroxyl groups excluding tert-OH is 2. The first kappa shape index (κ1) is 80.3. The molecule has 8 atom stereocenters. The van der Waals surface area contributed by atoms with Crippen molar-refractivity contribution in [3.63, 3.8) is 0 Å². The molecular weight excluding hydrogens is 1300 g/mol. The minimum atomic E-state index is -1.76. The zero-order chi connectivity index (χ0) is 74.2. The lowest BCUT2D eigenvalue weighted by atomic mass is 9.81. The van der Waals surface area contributed by atoms with E-state index in [1.165, 1.54) is 26.0 Å². The van der Waals surface area contributed by atoms with Crippen LogP contribution in [0.3, 0.4) is 0 Å². The molecule has 5 rings (SSSR count). The Bertz CT molecular complexity index is 3330. The average Bonchev–Trinajstić information content (AvgIpc) is 0.732. The zero-order valence-corrected chi connectivity index (χ0v) is 58.0. The maximum atomic E-state index is 14.8. The Balaban J connectivity index is 1.44. The highest BCUT2D eigenvalue weighted by Crippen LogP contribution is 2.42. The molecule has 4 aromatic carbocycles. The Morgan fingerprint density at radius 1 is 0.410 bits per heavy atom. The molecule has 0 bridgehead atoms. The van der Waals surface area contributed by atoms with Crippen LogP contribution in [0.2, 0.25) is 0 Å². The molecule has 30 nitrogen and oxygen atoms in total. The van der Waals surface area contributed by atoms with E-state index in [0.29, 0.717) is 11.1 Å². The van der Waals surface area contributed by atoms with Crippen molar-refractivity contribution in [2.24, 2.45) is 35.1 Å². The van der Waals surface area contributed by atoms with Gasteiger partial charge in [0.2, 0.25) is 58.8 Å². The molecule has 100 heavy (non-hydrogen) atoms. The largest absolute Gasteiger partial charge is 0.507 e. The molecule has 16 N–H and O–H groups in total. The number of phenols is 2. The van der Waals surface area contributed by atoms with Crippen LogP contribution in [0.1, 0.15) is 138 Å². The number of nitrogens with two attached hydrogens (primary N) is 2. The summed E-state index contributed by atoms with van der Waals surface area (Å²) in [4.78, 5) is 167. The molecule has 4 aromatic rings. The number of anilines is 2. The van der Waals surface area contributed by atoms with Gasteiger partial charge in [-0.1, -0.05) is 116 Å². The normalized spacial score (nSPS) is 14.1. The third kappa shape index (κ3) is 22.9. The first-order valence-electron chi connectivity index (χ1n) is 33.1. The number of ether oxygens (including phenoxy) is 2. The predicted molar refractivity (Wildman–Crippen MR) is 368 cm³/mol. The number of carbonyl (C=O) groups is 12. The lowest BCUT2D eigenvalue weighted by molar-refractivity contribution is -0.134. The number of ketones is 2. The number of aliphatic hydroxyl groups is 2. The lowest BCUT2D eigenvalue weighted by Gasteiger charge is -2.31. The highest BCUT2D eigenvalue weighted by atomic mass is 16.6. The summed E-state index contributed by atoms with van der Waals surface area (Å²) in [7, 11) is 0. The fourth-order valence-electron chi connectivity index (χ4n) is 11.0. The van der Waals surface area contributed by atoms with E-state index in [0.717, 1.165) is 21.9 Å². The number of rotatable bonds is 38. The Kier molecular flexibility index (Phi) is 30.6. The molecule has 0 heterocycles. The standard InChI is InChI=1S/C70H96N12O18/c1-37(2)29-47(61(71)89)77-65(93)49(31-39(5)6)79-63(91)41(9)75-67(95)51(33-83)81(69(97)99-35-43-17-13-11-14-18-43)27-25-73-45-21-22-46(56-55(45)59(87)57-53(85)23-24-54(86)58(57)60(56)88)74-26-28-82(70(98)100-36-44-19-15-12-16-20-44)52(34-84)68(96)76-42(10)64(92)80-50(32-40(7)8)66(94)78-48(62(72)90)30-38(3)4/h11-24,37-42,47-52,73-74,83-86H,25-36H2,1-10H3,(H2,71,89)(H2,72,90)(H,75,95)(H,76,96)(H,77,93)(H,78,94)(H,79,91)(H,80,92)/t41-,42-,47-,48-,49-,50-,51-,52-/m0/s1. The summed E-state index contributed by atoms with van der Waals surface area (Å²) in [5, 5.41) is 65.3. The second-order valence-electron chi connectivity index (χ2n) is 26.2. The van der Waals surface area contributed by atoms with Crippen LogP contribution in [0, 0.1) is 23.7 Å². The molecular formula is C70H96N12O18. The highest BCUT2D eigenvalue weighted by Gasteiger charge is 2.40. The van der Waals surface area contributed by atoms with Gasteiger partial charge in [0.1, 0.15) is 73.0 Å². The topological polar surface area (TPSA) is 459 Å². The molecule has 0 fully saturated rings. The van der Waals surface area contributed by atoms with E-state index < -0.39 is 168 Å². The molecule has 30 heteroatoms. The fraction of sp³-hybridized carbons (Fsp3) is 0.486. The van der Waals surface area contributed by atoms with Crippen molar-refractivity contribution in [2.75, 3.05) is 50.0 Å². The van der Waals surface area contributed by atoms with Gasteiger partial charge in [0, 0.05) is 37.6 Å². The first-order chi connectivity index (χ1) is 47.3. The number of phenolic OH excluding ortho intramolecular Hbond substituents is 2. The molecule has 1 aliphatic rings. The van der Waals surface area contributed by atoms with Gasteiger partial charge in [-0.15, -0.1) is 0 Å². The minimum absolute atomic E-state index is 0.0242. The molecule has 0 unspecified atom stereocenters. The van der Waals surface area contributed by atoms with Crippen LogP contribution >= 0.6 is 0 Å². The van der Waals surface area contributed by atoms with Crippen LogP contribution in [0.4, 0.5) is 21.0 Å². The maximum absolute atomic E-state index is 14.8. The van der Waals surface area contributed by atoms with Crippen LogP contribution in [-0.4, -0.2) is 189 Å². The highest BCUT2D eigenvalue weighted by molar-refractivity contribution is 6.33. The number of amides is 10. The second kappa shape index (κ2) is 38.1. The summed E-state index contributed by atoms with van der Waals surface area (Å²) in [5.74, 6) is -10.3. The van der Waals surface area contributed by atoms with Gasteiger partial charge in [-0.25, -0.2) is 9.59 Å². The predicted octanol–water partition coefficient (Wildman–Crippen LogP) is 2.80. The average molecular weight is 1390 g/mol. The number of hydrogen-bond acceptors (Lipinski definition) is 20. The van der Waals surface area contributed by atoms with Crippen molar-refractivity contribution < 1.29 is 87.4 Å². The summed E-state index contributed by atoms with van der Waals surface area (Å²) in [6.45, 7) is 12.8.